The van der Waals surface area contributed by atoms with Gasteiger partial charge in [0, 0.05) is 10.4 Å². The van der Waals surface area contributed by atoms with Gasteiger partial charge in [0.25, 0.3) is 5.91 Å². The Kier molecular flexibility index (Phi) is 11.7. The number of ether oxygens (including phenoxy) is 2. The van der Waals surface area contributed by atoms with Crippen LogP contribution in [0.2, 0.25) is 10.0 Å². The maximum absolute atomic E-state index is 13.5. The number of benzene rings is 2. The summed E-state index contributed by atoms with van der Waals surface area (Å²) < 4.78 is 15.5. The van der Waals surface area contributed by atoms with Crippen LogP contribution < -0.4 is 15.4 Å². The van der Waals surface area contributed by atoms with E-state index in [1.807, 2.05) is 0 Å². The molecule has 0 unspecified atom stereocenters. The fourth-order valence-electron chi connectivity index (χ4n) is 3.68. The van der Waals surface area contributed by atoms with E-state index in [-0.39, 0.29) is 39.1 Å². The van der Waals surface area contributed by atoms with E-state index in [9.17, 15) is 14.4 Å². The number of aromatic nitrogens is 1. The van der Waals surface area contributed by atoms with Gasteiger partial charge in [-0.25, -0.2) is 9.69 Å². The van der Waals surface area contributed by atoms with Gasteiger partial charge in [-0.3, -0.25) is 20.3 Å². The first-order chi connectivity index (χ1) is 20.2. The molecule has 0 aliphatic rings. The third-order valence-corrected chi connectivity index (χ3v) is 7.39. The standard InChI is InChI=1S/C29H30BrCl2N5O5S/c1-6-11-41-19-9-7-18(8-10-19)24-23(16(2)43-36-24)26(39)35-27(33)37(28(40)42-29(3,4)5)15-17-12-20(31)25(21(32)13-17)34-22(38)14-30/h6-10,12-13H,1,11,14-15H2,2-5H3,(H,34,38)(H2,33,35,39). The van der Waals surface area contributed by atoms with Gasteiger partial charge in [-0.15, -0.1) is 0 Å². The summed E-state index contributed by atoms with van der Waals surface area (Å²) in [4.78, 5) is 40.1. The summed E-state index contributed by atoms with van der Waals surface area (Å²) in [5.74, 6) is -0.885. The Labute approximate surface area is 272 Å². The number of nitrogens with one attached hydrogen (secondary N) is 3. The molecule has 0 radical (unpaired) electrons. The van der Waals surface area contributed by atoms with Crippen molar-refractivity contribution >= 4 is 80.2 Å². The molecule has 0 aliphatic heterocycles. The van der Waals surface area contributed by atoms with Crippen LogP contribution in [0.3, 0.4) is 0 Å². The number of carbonyl (C=O) groups is 3. The fraction of sp³-hybridized carbons (Fsp3) is 0.276. The first-order valence-electron chi connectivity index (χ1n) is 12.8. The average molecular weight is 711 g/mol. The summed E-state index contributed by atoms with van der Waals surface area (Å²) in [6.07, 6.45) is 0.761. The Bertz CT molecular complexity index is 1520. The highest BCUT2D eigenvalue weighted by Gasteiger charge is 2.29. The molecule has 0 aliphatic carbocycles. The third-order valence-electron chi connectivity index (χ3n) is 5.53. The molecule has 14 heteroatoms. The van der Waals surface area contributed by atoms with Crippen LogP contribution in [-0.2, 0) is 16.1 Å². The highest BCUT2D eigenvalue weighted by atomic mass is 79.9. The summed E-state index contributed by atoms with van der Waals surface area (Å²) in [5.41, 5.74) is 1.10. The predicted molar refractivity (Wildman–Crippen MR) is 174 cm³/mol. The van der Waals surface area contributed by atoms with Gasteiger partial charge >= 0.3 is 6.09 Å². The summed E-state index contributed by atoms with van der Waals surface area (Å²) in [6.45, 7) is 10.6. The van der Waals surface area contributed by atoms with Gasteiger partial charge in [-0.2, -0.15) is 4.37 Å². The molecule has 0 bridgehead atoms. The molecule has 10 nitrogen and oxygen atoms in total. The quantitative estimate of drug-likeness (QED) is 0.0916. The second-order valence-corrected chi connectivity index (χ2v) is 12.4. The molecule has 1 aromatic heterocycles. The van der Waals surface area contributed by atoms with E-state index in [1.54, 1.807) is 58.0 Å². The summed E-state index contributed by atoms with van der Waals surface area (Å²) in [5, 5.41) is 14.1. The van der Waals surface area contributed by atoms with Crippen molar-refractivity contribution in [2.45, 2.75) is 39.8 Å². The zero-order chi connectivity index (χ0) is 31.9. The zero-order valence-electron chi connectivity index (χ0n) is 23.8. The summed E-state index contributed by atoms with van der Waals surface area (Å²) in [7, 11) is 0. The number of hydrogen-bond donors (Lipinski definition) is 3. The van der Waals surface area contributed by atoms with Crippen LogP contribution in [0.15, 0.2) is 49.1 Å². The Hall–Kier alpha value is -3.45. The monoisotopic (exact) mass is 709 g/mol. The minimum Gasteiger partial charge on any atom is -0.490 e. The van der Waals surface area contributed by atoms with Crippen LogP contribution in [-0.4, -0.2) is 50.7 Å². The SMILES string of the molecule is C=CCOc1ccc(-c2nsc(C)c2C(=O)NC(=N)N(Cc2cc(Cl)c(NC(=O)CBr)c(Cl)c2)C(=O)OC(C)(C)C)cc1. The predicted octanol–water partition coefficient (Wildman–Crippen LogP) is 7.43. The van der Waals surface area contributed by atoms with Crippen molar-refractivity contribution in [3.05, 3.63) is 75.1 Å². The molecular weight excluding hydrogens is 681 g/mol. The van der Waals surface area contributed by atoms with Crippen LogP contribution in [0.5, 0.6) is 5.75 Å². The molecule has 0 fully saturated rings. The van der Waals surface area contributed by atoms with Crippen molar-refractivity contribution in [3.8, 4) is 17.0 Å². The molecule has 0 saturated heterocycles. The lowest BCUT2D eigenvalue weighted by Crippen LogP contribution is -2.48. The van der Waals surface area contributed by atoms with Crippen molar-refractivity contribution in [3.63, 3.8) is 0 Å². The maximum atomic E-state index is 13.5. The van der Waals surface area contributed by atoms with Gasteiger partial charge in [0.05, 0.1) is 38.9 Å². The Morgan fingerprint density at radius 1 is 1.16 bits per heavy atom. The van der Waals surface area contributed by atoms with Crippen LogP contribution >= 0.6 is 50.7 Å². The molecule has 3 rings (SSSR count). The van der Waals surface area contributed by atoms with Crippen molar-refractivity contribution in [1.29, 1.82) is 5.41 Å². The molecular formula is C29H30BrCl2N5O5S. The number of rotatable bonds is 9. The molecule has 0 saturated carbocycles. The highest BCUT2D eigenvalue weighted by molar-refractivity contribution is 9.09. The van der Waals surface area contributed by atoms with E-state index in [4.69, 9.17) is 38.1 Å². The van der Waals surface area contributed by atoms with Gasteiger partial charge in [0.2, 0.25) is 11.9 Å². The highest BCUT2D eigenvalue weighted by Crippen LogP contribution is 2.33. The van der Waals surface area contributed by atoms with E-state index in [1.165, 1.54) is 12.1 Å². The van der Waals surface area contributed by atoms with Crippen LogP contribution in [0, 0.1) is 12.3 Å². The van der Waals surface area contributed by atoms with Gasteiger partial charge in [-0.1, -0.05) is 51.8 Å². The van der Waals surface area contributed by atoms with Crippen molar-refractivity contribution < 1.29 is 23.9 Å². The topological polar surface area (TPSA) is 134 Å². The number of anilines is 1. The fourth-order valence-corrected chi connectivity index (χ4v) is 5.15. The van der Waals surface area contributed by atoms with Crippen molar-refractivity contribution in [2.24, 2.45) is 0 Å². The maximum Gasteiger partial charge on any atom is 0.417 e. The molecule has 2 aromatic carbocycles. The molecule has 3 amide bonds. The second kappa shape index (κ2) is 14.8. The van der Waals surface area contributed by atoms with Crippen molar-refractivity contribution in [1.82, 2.24) is 14.6 Å². The van der Waals surface area contributed by atoms with Crippen LogP contribution in [0.1, 0.15) is 41.6 Å². The van der Waals surface area contributed by atoms with E-state index < -0.39 is 23.6 Å². The zero-order valence-corrected chi connectivity index (χ0v) is 27.8. The minimum absolute atomic E-state index is 0.0426. The molecule has 3 aromatic rings. The molecule has 228 valence electrons. The molecule has 43 heavy (non-hydrogen) atoms. The molecule has 0 spiro atoms. The van der Waals surface area contributed by atoms with E-state index in [0.717, 1.165) is 16.4 Å². The number of aryl methyl sites for hydroxylation is 1. The first kappa shape index (κ1) is 34.0. The van der Waals surface area contributed by atoms with Crippen LogP contribution in [0.4, 0.5) is 10.5 Å². The largest absolute Gasteiger partial charge is 0.490 e. The Morgan fingerprint density at radius 2 is 1.79 bits per heavy atom. The molecule has 0 atom stereocenters. The lowest BCUT2D eigenvalue weighted by atomic mass is 10.1. The number of carbonyl (C=O) groups excluding carboxylic acids is 3. The van der Waals surface area contributed by atoms with Gasteiger partial charge < -0.3 is 14.8 Å². The Balaban J connectivity index is 1.89. The second-order valence-electron chi connectivity index (χ2n) is 10.1. The number of hydrogen-bond acceptors (Lipinski definition) is 8. The third kappa shape index (κ3) is 9.27. The smallest absolute Gasteiger partial charge is 0.417 e. The summed E-state index contributed by atoms with van der Waals surface area (Å²) >= 11 is 17.0. The average Bonchev–Trinajstić information content (AvgIpc) is 3.32. The lowest BCUT2D eigenvalue weighted by molar-refractivity contribution is -0.113. The minimum atomic E-state index is -0.888. The van der Waals surface area contributed by atoms with Gasteiger partial charge in [0.15, 0.2) is 0 Å². The van der Waals surface area contributed by atoms with Crippen molar-refractivity contribution in [2.75, 3.05) is 17.3 Å². The van der Waals surface area contributed by atoms with E-state index >= 15 is 0 Å². The van der Waals surface area contributed by atoms with Crippen LogP contribution in [0.25, 0.3) is 11.3 Å². The number of amides is 3. The normalized spacial score (nSPS) is 11.0. The van der Waals surface area contributed by atoms with E-state index in [2.05, 4.69) is 37.5 Å². The Morgan fingerprint density at radius 3 is 2.35 bits per heavy atom. The number of nitrogens with zero attached hydrogens (tertiary/aromatic N) is 2. The summed E-state index contributed by atoms with van der Waals surface area (Å²) in [6, 6.07) is 10.1. The van der Waals surface area contributed by atoms with E-state index in [0.29, 0.717) is 34.1 Å². The number of alkyl halides is 1. The molecule has 3 N–H and O–H groups in total. The number of guanidine groups is 1. The lowest BCUT2D eigenvalue weighted by Gasteiger charge is -2.28. The first-order valence-corrected chi connectivity index (χ1v) is 15.4. The van der Waals surface area contributed by atoms with Gasteiger partial charge in [-0.05, 0) is 81.2 Å². The number of halogens is 3. The van der Waals surface area contributed by atoms with Gasteiger partial charge in [0.1, 0.15) is 18.0 Å². The molecule has 1 heterocycles.